The van der Waals surface area contributed by atoms with Crippen LogP contribution < -0.4 is 4.74 Å². The molecular weight excluding hydrogens is 362 g/mol. The van der Waals surface area contributed by atoms with Crippen molar-refractivity contribution >= 4 is 5.78 Å². The lowest BCUT2D eigenvalue weighted by Gasteiger charge is -2.59. The van der Waals surface area contributed by atoms with E-state index < -0.39 is 6.10 Å². The van der Waals surface area contributed by atoms with Gasteiger partial charge in [0.05, 0.1) is 0 Å². The van der Waals surface area contributed by atoms with Crippen LogP contribution >= 0.6 is 0 Å². The van der Waals surface area contributed by atoms with Crippen molar-refractivity contribution in [3.05, 3.63) is 59.2 Å². The minimum absolute atomic E-state index is 0.112. The summed E-state index contributed by atoms with van der Waals surface area (Å²) in [6.45, 7) is 1.05. The van der Waals surface area contributed by atoms with Gasteiger partial charge >= 0.3 is 0 Å². The number of carbonyl (C=O) groups excluding carboxylic acids is 1. The van der Waals surface area contributed by atoms with Gasteiger partial charge in [0.15, 0.2) is 23.4 Å². The van der Waals surface area contributed by atoms with Crippen molar-refractivity contribution < 1.29 is 14.6 Å². The van der Waals surface area contributed by atoms with Gasteiger partial charge in [-0.1, -0.05) is 36.4 Å². The Hall–Kier alpha value is -2.33. The largest absolute Gasteiger partial charge is 0.504 e. The maximum absolute atomic E-state index is 13.8. The highest BCUT2D eigenvalue weighted by Crippen LogP contribution is 2.65. The van der Waals surface area contributed by atoms with Crippen LogP contribution in [0.25, 0.3) is 0 Å². The van der Waals surface area contributed by atoms with Gasteiger partial charge in [-0.3, -0.25) is 9.69 Å². The number of hydrogen-bond acceptors (Lipinski definition) is 4. The zero-order valence-corrected chi connectivity index (χ0v) is 16.4. The van der Waals surface area contributed by atoms with Crippen molar-refractivity contribution in [2.24, 2.45) is 5.92 Å². The van der Waals surface area contributed by atoms with E-state index in [1.54, 1.807) is 6.07 Å². The minimum atomic E-state index is -0.461. The summed E-state index contributed by atoms with van der Waals surface area (Å²) in [7, 11) is 0. The van der Waals surface area contributed by atoms with Gasteiger partial charge in [-0.25, -0.2) is 0 Å². The summed E-state index contributed by atoms with van der Waals surface area (Å²) in [4.78, 5) is 16.5. The number of likely N-dealkylation sites (tertiary alicyclic amines) is 1. The first-order valence-corrected chi connectivity index (χ1v) is 11.0. The molecule has 2 aliphatic heterocycles. The van der Waals surface area contributed by atoms with Gasteiger partial charge in [-0.2, -0.15) is 0 Å². The number of hydrogen-bond donors (Lipinski definition) is 1. The van der Waals surface area contributed by atoms with E-state index in [0.717, 1.165) is 37.4 Å². The standard InChI is InChI=1S/C25H25NO3/c27-20-9-6-15-12-19-18-13-17(14-4-2-1-3-5-14)22(28)24-25(18,21(15)23(20)29-24)10-11-26(19)16-7-8-16/h1-6,9,16-19,24,27H,7-8,10-13H2/t17-,18+,19-,24+,25+/m1/s1. The molecule has 4 heteroatoms. The van der Waals surface area contributed by atoms with Crippen LogP contribution in [0.5, 0.6) is 11.5 Å². The van der Waals surface area contributed by atoms with Crippen molar-refractivity contribution in [2.45, 2.75) is 61.6 Å². The van der Waals surface area contributed by atoms with Gasteiger partial charge in [0, 0.05) is 29.0 Å². The van der Waals surface area contributed by atoms with Crippen LogP contribution in [0, 0.1) is 5.92 Å². The zero-order chi connectivity index (χ0) is 19.3. The fourth-order valence-electron chi connectivity index (χ4n) is 7.20. The summed E-state index contributed by atoms with van der Waals surface area (Å²) < 4.78 is 6.37. The monoisotopic (exact) mass is 387 g/mol. The van der Waals surface area contributed by atoms with Crippen molar-refractivity contribution in [3.63, 3.8) is 0 Å². The highest BCUT2D eigenvalue weighted by atomic mass is 16.5. The summed E-state index contributed by atoms with van der Waals surface area (Å²) in [5, 5.41) is 10.6. The summed E-state index contributed by atoms with van der Waals surface area (Å²) in [6, 6.07) is 15.3. The molecule has 2 bridgehead atoms. The number of phenols is 1. The smallest absolute Gasteiger partial charge is 0.181 e. The summed E-state index contributed by atoms with van der Waals surface area (Å²) in [6.07, 6.45) is 5.03. The molecule has 0 amide bonds. The Morgan fingerprint density at radius 2 is 1.93 bits per heavy atom. The van der Waals surface area contributed by atoms with Crippen LogP contribution in [0.4, 0.5) is 0 Å². The Morgan fingerprint density at radius 3 is 2.72 bits per heavy atom. The Morgan fingerprint density at radius 1 is 1.10 bits per heavy atom. The average molecular weight is 387 g/mol. The van der Waals surface area contributed by atoms with Crippen LogP contribution in [0.2, 0.25) is 0 Å². The minimum Gasteiger partial charge on any atom is -0.504 e. The number of phenolic OH excluding ortho intramolecular Hbond substituents is 1. The van der Waals surface area contributed by atoms with E-state index in [1.807, 2.05) is 18.2 Å². The number of benzene rings is 2. The van der Waals surface area contributed by atoms with E-state index in [-0.39, 0.29) is 22.9 Å². The lowest BCUT2D eigenvalue weighted by molar-refractivity contribution is -0.141. The molecule has 5 atom stereocenters. The van der Waals surface area contributed by atoms with Crippen LogP contribution in [-0.2, 0) is 16.6 Å². The molecule has 3 aliphatic carbocycles. The van der Waals surface area contributed by atoms with Gasteiger partial charge in [-0.05, 0) is 61.8 Å². The van der Waals surface area contributed by atoms with Crippen LogP contribution in [0.15, 0.2) is 42.5 Å². The molecule has 4 nitrogen and oxygen atoms in total. The second kappa shape index (κ2) is 5.42. The number of ether oxygens (including phenoxy) is 1. The fraction of sp³-hybridized carbons (Fsp3) is 0.480. The molecule has 1 spiro atoms. The van der Waals surface area contributed by atoms with Gasteiger partial charge in [0.1, 0.15) is 0 Å². The normalized spacial score (nSPS) is 37.2. The number of nitrogens with zero attached hydrogens (tertiary/aromatic N) is 1. The second-order valence-electron chi connectivity index (χ2n) is 9.68. The zero-order valence-electron chi connectivity index (χ0n) is 16.4. The van der Waals surface area contributed by atoms with Gasteiger partial charge in [-0.15, -0.1) is 0 Å². The maximum Gasteiger partial charge on any atom is 0.181 e. The highest BCUT2D eigenvalue weighted by Gasteiger charge is 2.68. The SMILES string of the molecule is O=C1[C@@H](c2ccccc2)C[C@H]2[C@H]3Cc4ccc(O)c5c4[C@@]2(CCN3C2CC2)[C@H]1O5. The van der Waals surface area contributed by atoms with Gasteiger partial charge < -0.3 is 9.84 Å². The number of rotatable bonds is 2. The molecule has 5 aliphatic rings. The van der Waals surface area contributed by atoms with Crippen molar-refractivity contribution in [2.75, 3.05) is 6.54 Å². The predicted octanol–water partition coefficient (Wildman–Crippen LogP) is 3.56. The second-order valence-corrected chi connectivity index (χ2v) is 9.68. The van der Waals surface area contributed by atoms with E-state index in [9.17, 15) is 9.90 Å². The molecule has 0 aromatic heterocycles. The molecule has 2 heterocycles. The first-order valence-electron chi connectivity index (χ1n) is 11.0. The molecular formula is C25H25NO3. The first-order chi connectivity index (χ1) is 14.2. The third-order valence-corrected chi connectivity index (χ3v) is 8.47. The Labute approximate surface area is 170 Å². The van der Waals surface area contributed by atoms with Gasteiger partial charge in [0.25, 0.3) is 0 Å². The molecule has 148 valence electrons. The van der Waals surface area contributed by atoms with Crippen LogP contribution in [-0.4, -0.2) is 40.5 Å². The number of carbonyl (C=O) groups is 1. The average Bonchev–Trinajstić information content (AvgIpc) is 3.51. The highest BCUT2D eigenvalue weighted by molar-refractivity contribution is 5.94. The molecule has 2 aromatic carbocycles. The quantitative estimate of drug-likeness (QED) is 0.856. The number of aromatic hydroxyl groups is 1. The third kappa shape index (κ3) is 1.96. The molecule has 0 radical (unpaired) electrons. The van der Waals surface area contributed by atoms with E-state index in [4.69, 9.17) is 4.74 Å². The first kappa shape index (κ1) is 16.5. The summed E-state index contributed by atoms with van der Waals surface area (Å²) >= 11 is 0. The van der Waals surface area contributed by atoms with Crippen molar-refractivity contribution in [1.29, 1.82) is 0 Å². The lowest BCUT2D eigenvalue weighted by Crippen LogP contribution is -2.67. The van der Waals surface area contributed by atoms with Crippen LogP contribution in [0.1, 0.15) is 48.3 Å². The molecule has 2 saturated carbocycles. The molecule has 0 unspecified atom stereocenters. The molecule has 1 saturated heterocycles. The van der Waals surface area contributed by atoms with Crippen LogP contribution in [0.3, 0.4) is 0 Å². The summed E-state index contributed by atoms with van der Waals surface area (Å²) in [5.41, 5.74) is 3.31. The van der Waals surface area contributed by atoms with E-state index in [2.05, 4.69) is 23.1 Å². The topological polar surface area (TPSA) is 49.8 Å². The lowest BCUT2D eigenvalue weighted by atomic mass is 9.49. The Kier molecular flexibility index (Phi) is 3.08. The molecule has 1 N–H and O–H groups in total. The van der Waals surface area contributed by atoms with Crippen molar-refractivity contribution in [3.8, 4) is 11.5 Å². The number of piperidine rings is 1. The third-order valence-electron chi connectivity index (χ3n) is 8.47. The van der Waals surface area contributed by atoms with Gasteiger partial charge in [0.2, 0.25) is 0 Å². The summed E-state index contributed by atoms with van der Waals surface area (Å²) in [5.74, 6) is 1.28. The van der Waals surface area contributed by atoms with E-state index in [1.165, 1.54) is 24.0 Å². The van der Waals surface area contributed by atoms with Crippen molar-refractivity contribution in [1.82, 2.24) is 4.90 Å². The Balaban J connectivity index is 1.43. The molecule has 3 fully saturated rings. The fourth-order valence-corrected chi connectivity index (χ4v) is 7.20. The number of Topliss-reactive ketones (excluding diaryl/α,β-unsaturated/α-hetero) is 1. The predicted molar refractivity (Wildman–Crippen MR) is 108 cm³/mol. The Bertz CT molecular complexity index is 1030. The molecule has 2 aromatic rings. The molecule has 29 heavy (non-hydrogen) atoms. The van der Waals surface area contributed by atoms with E-state index in [0.29, 0.717) is 17.7 Å². The van der Waals surface area contributed by atoms with E-state index >= 15 is 0 Å². The maximum atomic E-state index is 13.8. The molecule has 7 rings (SSSR count). The number of ketones is 1.